The average molecular weight is 268 g/mol. The molecule has 0 aromatic carbocycles. The molecule has 2 aliphatic rings. The molecule has 1 amide bonds. The van der Waals surface area contributed by atoms with Crippen molar-refractivity contribution in [2.45, 2.75) is 52.4 Å². The summed E-state index contributed by atoms with van der Waals surface area (Å²) in [6.45, 7) is 9.22. The third kappa shape index (κ3) is 6.19. The zero-order chi connectivity index (χ0) is 14.1. The minimum absolute atomic E-state index is 0.337. The molecule has 0 aromatic rings. The Morgan fingerprint density at radius 2 is 1.63 bits per heavy atom. The van der Waals surface area contributed by atoms with Gasteiger partial charge in [0.25, 0.3) is 0 Å². The van der Waals surface area contributed by atoms with Gasteiger partial charge in [-0.1, -0.05) is 6.92 Å². The highest BCUT2D eigenvalue weighted by Crippen LogP contribution is 2.08. The van der Waals surface area contributed by atoms with Gasteiger partial charge in [-0.15, -0.1) is 0 Å². The first-order valence-electron chi connectivity index (χ1n) is 7.69. The Morgan fingerprint density at radius 3 is 2.11 bits per heavy atom. The van der Waals surface area contributed by atoms with Crippen LogP contribution in [0.4, 0.5) is 0 Å². The van der Waals surface area contributed by atoms with E-state index in [0.29, 0.717) is 11.7 Å². The van der Waals surface area contributed by atoms with E-state index in [4.69, 9.17) is 0 Å². The zero-order valence-corrected chi connectivity index (χ0v) is 12.5. The minimum atomic E-state index is 0.337. The summed E-state index contributed by atoms with van der Waals surface area (Å²) in [7, 11) is 0. The van der Waals surface area contributed by atoms with Crippen LogP contribution in [0, 0.1) is 0 Å². The highest BCUT2D eigenvalue weighted by molar-refractivity contribution is 5.79. The largest absolute Gasteiger partial charge is 0.343 e. The molecule has 2 heterocycles. The predicted molar refractivity (Wildman–Crippen MR) is 77.1 cm³/mol. The van der Waals surface area contributed by atoms with Gasteiger partial charge in [0.15, 0.2) is 0 Å². The van der Waals surface area contributed by atoms with Crippen LogP contribution in [0.15, 0.2) is 0 Å². The van der Waals surface area contributed by atoms with Crippen LogP contribution in [0.5, 0.6) is 0 Å². The van der Waals surface area contributed by atoms with E-state index < -0.39 is 0 Å². The van der Waals surface area contributed by atoms with Gasteiger partial charge in [0.2, 0.25) is 5.91 Å². The van der Waals surface area contributed by atoms with Crippen LogP contribution in [0.1, 0.15) is 52.4 Å². The summed E-state index contributed by atoms with van der Waals surface area (Å²) in [4.78, 5) is 26.0. The molecule has 2 fully saturated rings. The standard InChI is InChI=1S/C8H15NO.C7H13NO/c1-2-5-9-6-3-8(10)4-7-9;1-2-8-6-4-3-5-7(8)9/h2-7H2,1H3;2-6H2,1H3. The van der Waals surface area contributed by atoms with Crippen molar-refractivity contribution in [3.05, 3.63) is 0 Å². The first kappa shape index (κ1) is 16.2. The molecule has 110 valence electrons. The predicted octanol–water partition coefficient (Wildman–Crippen LogP) is 2.08. The Balaban J connectivity index is 0.000000191. The van der Waals surface area contributed by atoms with E-state index in [0.717, 1.165) is 58.4 Å². The van der Waals surface area contributed by atoms with Gasteiger partial charge in [-0.3, -0.25) is 9.59 Å². The quantitative estimate of drug-likeness (QED) is 0.787. The van der Waals surface area contributed by atoms with Crippen molar-refractivity contribution in [2.24, 2.45) is 0 Å². The second-order valence-electron chi connectivity index (χ2n) is 5.31. The second kappa shape index (κ2) is 9.08. The van der Waals surface area contributed by atoms with Crippen molar-refractivity contribution >= 4 is 11.7 Å². The number of likely N-dealkylation sites (tertiary alicyclic amines) is 2. The molecule has 2 rings (SSSR count). The van der Waals surface area contributed by atoms with Gasteiger partial charge in [-0.05, 0) is 32.7 Å². The fourth-order valence-corrected chi connectivity index (χ4v) is 2.54. The number of piperidine rings is 2. The topological polar surface area (TPSA) is 40.6 Å². The van der Waals surface area contributed by atoms with Crippen LogP contribution in [0.3, 0.4) is 0 Å². The molecule has 0 atom stereocenters. The van der Waals surface area contributed by atoms with E-state index in [9.17, 15) is 9.59 Å². The molecule has 0 radical (unpaired) electrons. The van der Waals surface area contributed by atoms with Gasteiger partial charge < -0.3 is 9.80 Å². The third-order valence-electron chi connectivity index (χ3n) is 3.76. The number of amides is 1. The summed E-state index contributed by atoms with van der Waals surface area (Å²) >= 11 is 0. The van der Waals surface area contributed by atoms with Crippen molar-refractivity contribution in [1.29, 1.82) is 0 Å². The number of carbonyl (C=O) groups excluding carboxylic acids is 2. The molecular weight excluding hydrogens is 240 g/mol. The van der Waals surface area contributed by atoms with E-state index >= 15 is 0 Å². The first-order valence-corrected chi connectivity index (χ1v) is 7.69. The number of ketones is 1. The summed E-state index contributed by atoms with van der Waals surface area (Å²) in [5, 5.41) is 0. The van der Waals surface area contributed by atoms with Crippen LogP contribution in [-0.4, -0.2) is 54.2 Å². The van der Waals surface area contributed by atoms with E-state index in [1.165, 1.54) is 12.8 Å². The Kier molecular flexibility index (Phi) is 7.72. The van der Waals surface area contributed by atoms with Crippen molar-refractivity contribution in [1.82, 2.24) is 9.80 Å². The van der Waals surface area contributed by atoms with Gasteiger partial charge in [0, 0.05) is 45.4 Å². The lowest BCUT2D eigenvalue weighted by molar-refractivity contribution is -0.133. The molecule has 0 bridgehead atoms. The lowest BCUT2D eigenvalue weighted by Crippen LogP contribution is -2.34. The zero-order valence-electron chi connectivity index (χ0n) is 12.5. The van der Waals surface area contributed by atoms with E-state index in [1.807, 2.05) is 11.8 Å². The molecule has 0 spiro atoms. The van der Waals surface area contributed by atoms with Gasteiger partial charge >= 0.3 is 0 Å². The molecule has 0 unspecified atom stereocenters. The van der Waals surface area contributed by atoms with Gasteiger partial charge in [0.05, 0.1) is 0 Å². The number of hydrogen-bond donors (Lipinski definition) is 0. The summed E-state index contributed by atoms with van der Waals surface area (Å²) in [5.74, 6) is 0.774. The smallest absolute Gasteiger partial charge is 0.222 e. The van der Waals surface area contributed by atoms with Gasteiger partial charge in [0.1, 0.15) is 5.78 Å². The summed E-state index contributed by atoms with van der Waals surface area (Å²) < 4.78 is 0. The molecule has 0 aromatic heterocycles. The highest BCUT2D eigenvalue weighted by Gasteiger charge is 2.15. The van der Waals surface area contributed by atoms with E-state index in [1.54, 1.807) is 0 Å². The van der Waals surface area contributed by atoms with Crippen molar-refractivity contribution < 1.29 is 9.59 Å². The molecule has 2 saturated heterocycles. The van der Waals surface area contributed by atoms with Crippen LogP contribution < -0.4 is 0 Å². The van der Waals surface area contributed by atoms with Gasteiger partial charge in [-0.25, -0.2) is 0 Å². The monoisotopic (exact) mass is 268 g/mol. The number of rotatable bonds is 3. The number of nitrogens with zero attached hydrogens (tertiary/aromatic N) is 2. The molecule has 0 aliphatic carbocycles. The Morgan fingerprint density at radius 1 is 0.947 bits per heavy atom. The Labute approximate surface area is 117 Å². The Bertz CT molecular complexity index is 282. The van der Waals surface area contributed by atoms with Crippen LogP contribution in [-0.2, 0) is 9.59 Å². The van der Waals surface area contributed by atoms with Crippen LogP contribution in [0.25, 0.3) is 0 Å². The van der Waals surface area contributed by atoms with E-state index in [2.05, 4.69) is 11.8 Å². The average Bonchev–Trinajstić information content (AvgIpc) is 2.43. The Hall–Kier alpha value is -0.900. The maximum absolute atomic E-state index is 11.0. The molecule has 0 saturated carbocycles. The molecule has 0 N–H and O–H groups in total. The van der Waals surface area contributed by atoms with Crippen molar-refractivity contribution in [3.63, 3.8) is 0 Å². The maximum atomic E-state index is 11.0. The fraction of sp³-hybridized carbons (Fsp3) is 0.867. The van der Waals surface area contributed by atoms with Crippen molar-refractivity contribution in [2.75, 3.05) is 32.7 Å². The number of Topliss-reactive ketones (excluding diaryl/α,β-unsaturated/α-hetero) is 1. The summed E-state index contributed by atoms with van der Waals surface area (Å²) in [6.07, 6.45) is 5.82. The highest BCUT2D eigenvalue weighted by atomic mass is 16.2. The number of hydrogen-bond acceptors (Lipinski definition) is 3. The fourth-order valence-electron chi connectivity index (χ4n) is 2.54. The summed E-state index contributed by atoms with van der Waals surface area (Å²) in [6, 6.07) is 0. The molecule has 4 nitrogen and oxygen atoms in total. The lowest BCUT2D eigenvalue weighted by atomic mass is 10.1. The summed E-state index contributed by atoms with van der Waals surface area (Å²) in [5.41, 5.74) is 0. The normalized spacial score (nSPS) is 21.1. The second-order valence-corrected chi connectivity index (χ2v) is 5.31. The maximum Gasteiger partial charge on any atom is 0.222 e. The molecule has 19 heavy (non-hydrogen) atoms. The van der Waals surface area contributed by atoms with Crippen molar-refractivity contribution in [3.8, 4) is 0 Å². The number of carbonyl (C=O) groups is 2. The van der Waals surface area contributed by atoms with Gasteiger partial charge in [-0.2, -0.15) is 0 Å². The first-order chi connectivity index (χ1) is 9.17. The SMILES string of the molecule is CCCN1CCC(=O)CC1.CCN1CCCCC1=O. The van der Waals surface area contributed by atoms with Crippen LogP contribution >= 0.6 is 0 Å². The molecular formula is C15H28N2O2. The lowest BCUT2D eigenvalue weighted by Gasteiger charge is -2.24. The van der Waals surface area contributed by atoms with E-state index in [-0.39, 0.29) is 0 Å². The minimum Gasteiger partial charge on any atom is -0.343 e. The van der Waals surface area contributed by atoms with Crippen LogP contribution in [0.2, 0.25) is 0 Å². The molecule has 2 aliphatic heterocycles. The third-order valence-corrected chi connectivity index (χ3v) is 3.76. The molecule has 4 heteroatoms.